The molecule has 1 aliphatic carbocycles. The number of rotatable bonds is 4. The summed E-state index contributed by atoms with van der Waals surface area (Å²) in [5, 5.41) is 3.77. The Labute approximate surface area is 115 Å². The van der Waals surface area contributed by atoms with Crippen LogP contribution in [0.15, 0.2) is 12.4 Å². The maximum absolute atomic E-state index is 5.43. The number of aryl methyl sites for hydroxylation is 1. The van der Waals surface area contributed by atoms with E-state index in [0.717, 1.165) is 25.4 Å². The van der Waals surface area contributed by atoms with E-state index in [4.69, 9.17) is 4.74 Å². The Bertz CT molecular complexity index is 396. The van der Waals surface area contributed by atoms with Gasteiger partial charge in [-0.3, -0.25) is 0 Å². The normalized spacial score (nSPS) is 31.1. The van der Waals surface area contributed by atoms with Crippen molar-refractivity contribution < 1.29 is 4.74 Å². The van der Waals surface area contributed by atoms with Gasteiger partial charge in [0.05, 0.1) is 6.10 Å². The highest BCUT2D eigenvalue weighted by Crippen LogP contribution is 2.22. The SMILES string of the molecule is COC1CCC(NC[C@@H]2CCc3nccn3C2)CC1. The second kappa shape index (κ2) is 6.06. The van der Waals surface area contributed by atoms with Crippen molar-refractivity contribution in [2.24, 2.45) is 5.92 Å². The van der Waals surface area contributed by atoms with E-state index >= 15 is 0 Å². The first-order chi connectivity index (χ1) is 9.35. The number of hydrogen-bond donors (Lipinski definition) is 1. The maximum Gasteiger partial charge on any atom is 0.108 e. The summed E-state index contributed by atoms with van der Waals surface area (Å²) in [6, 6.07) is 0.704. The molecule has 19 heavy (non-hydrogen) atoms. The van der Waals surface area contributed by atoms with E-state index in [1.165, 1.54) is 37.9 Å². The molecule has 0 saturated heterocycles. The third kappa shape index (κ3) is 3.18. The Morgan fingerprint density at radius 3 is 2.95 bits per heavy atom. The highest BCUT2D eigenvalue weighted by Gasteiger charge is 2.23. The third-order valence-corrected chi connectivity index (χ3v) is 4.74. The Balaban J connectivity index is 1.42. The third-order valence-electron chi connectivity index (χ3n) is 4.74. The molecule has 0 amide bonds. The summed E-state index contributed by atoms with van der Waals surface area (Å²) in [7, 11) is 1.84. The molecule has 1 atom stereocenters. The van der Waals surface area contributed by atoms with E-state index in [9.17, 15) is 0 Å². The average molecular weight is 263 g/mol. The Hall–Kier alpha value is -0.870. The highest BCUT2D eigenvalue weighted by molar-refractivity contribution is 4.97. The smallest absolute Gasteiger partial charge is 0.108 e. The number of fused-ring (bicyclic) bond motifs is 1. The predicted molar refractivity (Wildman–Crippen MR) is 75.1 cm³/mol. The molecule has 0 unspecified atom stereocenters. The molecular formula is C15H25N3O. The van der Waals surface area contributed by atoms with Crippen LogP contribution in [-0.4, -0.2) is 35.4 Å². The largest absolute Gasteiger partial charge is 0.381 e. The molecule has 4 nitrogen and oxygen atoms in total. The van der Waals surface area contributed by atoms with E-state index in [2.05, 4.69) is 21.1 Å². The van der Waals surface area contributed by atoms with Crippen molar-refractivity contribution in [3.05, 3.63) is 18.2 Å². The molecule has 106 valence electrons. The molecular weight excluding hydrogens is 238 g/mol. The first-order valence-electron chi connectivity index (χ1n) is 7.61. The van der Waals surface area contributed by atoms with E-state index in [1.54, 1.807) is 0 Å². The van der Waals surface area contributed by atoms with Gasteiger partial charge in [0.1, 0.15) is 5.82 Å². The maximum atomic E-state index is 5.43. The lowest BCUT2D eigenvalue weighted by Crippen LogP contribution is -2.39. The lowest BCUT2D eigenvalue weighted by atomic mass is 9.92. The van der Waals surface area contributed by atoms with Gasteiger partial charge in [-0.1, -0.05) is 0 Å². The Morgan fingerprint density at radius 1 is 1.32 bits per heavy atom. The summed E-state index contributed by atoms with van der Waals surface area (Å²) in [5.41, 5.74) is 0. The van der Waals surface area contributed by atoms with Gasteiger partial charge in [0.15, 0.2) is 0 Å². The molecule has 1 aromatic heterocycles. The number of ether oxygens (including phenoxy) is 1. The first kappa shape index (κ1) is 13.1. The number of hydrogen-bond acceptors (Lipinski definition) is 3. The summed E-state index contributed by atoms with van der Waals surface area (Å²) in [5.74, 6) is 2.03. The highest BCUT2D eigenvalue weighted by atomic mass is 16.5. The van der Waals surface area contributed by atoms with E-state index in [0.29, 0.717) is 12.1 Å². The van der Waals surface area contributed by atoms with E-state index in [-0.39, 0.29) is 0 Å². The minimum absolute atomic E-state index is 0.501. The van der Waals surface area contributed by atoms with Crippen LogP contribution in [0.4, 0.5) is 0 Å². The average Bonchev–Trinajstić information content (AvgIpc) is 2.93. The monoisotopic (exact) mass is 263 g/mol. The quantitative estimate of drug-likeness (QED) is 0.903. The van der Waals surface area contributed by atoms with E-state index < -0.39 is 0 Å². The van der Waals surface area contributed by atoms with Crippen molar-refractivity contribution in [1.29, 1.82) is 0 Å². The zero-order valence-corrected chi connectivity index (χ0v) is 11.8. The fourth-order valence-electron chi connectivity index (χ4n) is 3.44. The van der Waals surface area contributed by atoms with Gasteiger partial charge in [0, 0.05) is 38.5 Å². The zero-order valence-electron chi connectivity index (χ0n) is 11.8. The van der Waals surface area contributed by atoms with Gasteiger partial charge in [0.2, 0.25) is 0 Å². The summed E-state index contributed by atoms with van der Waals surface area (Å²) >= 11 is 0. The Morgan fingerprint density at radius 2 is 2.16 bits per heavy atom. The fraction of sp³-hybridized carbons (Fsp3) is 0.800. The minimum Gasteiger partial charge on any atom is -0.381 e. The summed E-state index contributed by atoms with van der Waals surface area (Å²) < 4.78 is 7.74. The van der Waals surface area contributed by atoms with Crippen molar-refractivity contribution in [1.82, 2.24) is 14.9 Å². The van der Waals surface area contributed by atoms with Crippen LogP contribution in [0.1, 0.15) is 37.9 Å². The van der Waals surface area contributed by atoms with Crippen molar-refractivity contribution in [2.75, 3.05) is 13.7 Å². The summed E-state index contributed by atoms with van der Waals surface area (Å²) in [6.07, 6.45) is 11.9. The number of nitrogens with one attached hydrogen (secondary N) is 1. The fourth-order valence-corrected chi connectivity index (χ4v) is 3.44. The van der Waals surface area contributed by atoms with Gasteiger partial charge in [-0.2, -0.15) is 0 Å². The van der Waals surface area contributed by atoms with Gasteiger partial charge in [-0.25, -0.2) is 4.98 Å². The topological polar surface area (TPSA) is 39.1 Å². The molecule has 0 radical (unpaired) electrons. The number of methoxy groups -OCH3 is 1. The van der Waals surface area contributed by atoms with Crippen LogP contribution in [0.5, 0.6) is 0 Å². The van der Waals surface area contributed by atoms with Gasteiger partial charge < -0.3 is 14.6 Å². The lowest BCUT2D eigenvalue weighted by Gasteiger charge is -2.31. The summed E-state index contributed by atoms with van der Waals surface area (Å²) in [6.45, 7) is 2.29. The van der Waals surface area contributed by atoms with Crippen LogP contribution in [-0.2, 0) is 17.7 Å². The molecule has 1 aliphatic heterocycles. The predicted octanol–water partition coefficient (Wildman–Crippen LogP) is 1.99. The molecule has 2 heterocycles. The molecule has 0 spiro atoms. The summed E-state index contributed by atoms with van der Waals surface area (Å²) in [4.78, 5) is 4.39. The van der Waals surface area contributed by atoms with Crippen molar-refractivity contribution in [3.8, 4) is 0 Å². The molecule has 1 saturated carbocycles. The first-order valence-corrected chi connectivity index (χ1v) is 7.61. The van der Waals surface area contributed by atoms with Crippen molar-refractivity contribution in [2.45, 2.75) is 57.2 Å². The molecule has 1 N–H and O–H groups in total. The lowest BCUT2D eigenvalue weighted by molar-refractivity contribution is 0.0618. The molecule has 1 aromatic rings. The molecule has 0 bridgehead atoms. The van der Waals surface area contributed by atoms with Crippen LogP contribution in [0.25, 0.3) is 0 Å². The number of imidazole rings is 1. The van der Waals surface area contributed by atoms with Crippen molar-refractivity contribution in [3.63, 3.8) is 0 Å². The van der Waals surface area contributed by atoms with Crippen LogP contribution in [0, 0.1) is 5.92 Å². The van der Waals surface area contributed by atoms with Crippen LogP contribution in [0.3, 0.4) is 0 Å². The molecule has 2 aliphatic rings. The van der Waals surface area contributed by atoms with Gasteiger partial charge >= 0.3 is 0 Å². The number of aromatic nitrogens is 2. The second-order valence-electron chi connectivity index (χ2n) is 6.02. The van der Waals surface area contributed by atoms with E-state index in [1.807, 2.05) is 13.3 Å². The standard InChI is InChI=1S/C15H25N3O/c1-19-14-5-3-13(4-6-14)17-10-12-2-7-15-16-8-9-18(15)11-12/h8-9,12-14,17H,2-7,10-11H2,1H3/t12-,13?,14?/m0/s1. The van der Waals surface area contributed by atoms with Crippen LogP contribution in [0.2, 0.25) is 0 Å². The Kier molecular flexibility index (Phi) is 4.18. The van der Waals surface area contributed by atoms with Crippen molar-refractivity contribution >= 4 is 0 Å². The molecule has 3 rings (SSSR count). The number of nitrogens with zero attached hydrogens (tertiary/aromatic N) is 2. The minimum atomic E-state index is 0.501. The molecule has 4 heteroatoms. The second-order valence-corrected chi connectivity index (χ2v) is 6.02. The van der Waals surface area contributed by atoms with Crippen LogP contribution >= 0.6 is 0 Å². The van der Waals surface area contributed by atoms with Gasteiger partial charge in [-0.15, -0.1) is 0 Å². The molecule has 0 aromatic carbocycles. The zero-order chi connectivity index (χ0) is 13.1. The van der Waals surface area contributed by atoms with Gasteiger partial charge in [-0.05, 0) is 44.6 Å². The van der Waals surface area contributed by atoms with Gasteiger partial charge in [0.25, 0.3) is 0 Å². The molecule has 1 fully saturated rings. The van der Waals surface area contributed by atoms with Crippen LogP contribution < -0.4 is 5.32 Å².